The Kier molecular flexibility index (Phi) is 4.90. The number of aromatic nitrogens is 1. The number of amides is 2. The van der Waals surface area contributed by atoms with Crippen molar-refractivity contribution in [1.82, 2.24) is 14.8 Å². The Balaban J connectivity index is 1.97. The minimum Gasteiger partial charge on any atom is -0.345 e. The summed E-state index contributed by atoms with van der Waals surface area (Å²) in [5, 5.41) is 2.76. The van der Waals surface area contributed by atoms with Crippen LogP contribution in [0.2, 0.25) is 0 Å². The standard InChI is InChI=1S/C15H22N4O2/c1-4-19(12-5-6-12)10-14(20)17-13-9-11(7-8-16-13)15(21)18(2)3/h7-9,12H,4-6,10H2,1-3H3,(H,16,17,20). The average Bonchev–Trinajstić information content (AvgIpc) is 3.28. The number of hydrogen-bond acceptors (Lipinski definition) is 4. The molecule has 1 saturated carbocycles. The lowest BCUT2D eigenvalue weighted by Gasteiger charge is -2.18. The number of rotatable bonds is 6. The molecule has 0 unspecified atom stereocenters. The van der Waals surface area contributed by atoms with Crippen molar-refractivity contribution in [2.75, 3.05) is 32.5 Å². The van der Waals surface area contributed by atoms with E-state index < -0.39 is 0 Å². The highest BCUT2D eigenvalue weighted by atomic mass is 16.2. The van der Waals surface area contributed by atoms with Gasteiger partial charge in [-0.05, 0) is 31.5 Å². The highest BCUT2D eigenvalue weighted by Gasteiger charge is 2.29. The van der Waals surface area contributed by atoms with Gasteiger partial charge in [0, 0.05) is 31.9 Å². The molecule has 6 nitrogen and oxygen atoms in total. The van der Waals surface area contributed by atoms with Crippen LogP contribution in [0.4, 0.5) is 5.82 Å². The monoisotopic (exact) mass is 290 g/mol. The zero-order valence-electron chi connectivity index (χ0n) is 12.8. The fourth-order valence-corrected chi connectivity index (χ4v) is 2.20. The Morgan fingerprint density at radius 3 is 2.67 bits per heavy atom. The first kappa shape index (κ1) is 15.4. The quantitative estimate of drug-likeness (QED) is 0.855. The molecule has 0 radical (unpaired) electrons. The van der Waals surface area contributed by atoms with Crippen LogP contribution in [0.1, 0.15) is 30.1 Å². The molecule has 0 saturated heterocycles. The topological polar surface area (TPSA) is 65.5 Å². The second kappa shape index (κ2) is 6.67. The average molecular weight is 290 g/mol. The van der Waals surface area contributed by atoms with Gasteiger partial charge in [-0.25, -0.2) is 4.98 Å². The van der Waals surface area contributed by atoms with E-state index in [4.69, 9.17) is 0 Å². The Morgan fingerprint density at radius 1 is 1.38 bits per heavy atom. The highest BCUT2D eigenvalue weighted by Crippen LogP contribution is 2.26. The number of carbonyl (C=O) groups is 2. The predicted octanol–water partition coefficient (Wildman–Crippen LogP) is 1.21. The van der Waals surface area contributed by atoms with Crippen molar-refractivity contribution < 1.29 is 9.59 Å². The maximum atomic E-state index is 12.0. The molecule has 2 amide bonds. The van der Waals surface area contributed by atoms with E-state index >= 15 is 0 Å². The van der Waals surface area contributed by atoms with E-state index in [0.717, 1.165) is 6.54 Å². The van der Waals surface area contributed by atoms with Gasteiger partial charge in [-0.1, -0.05) is 6.92 Å². The van der Waals surface area contributed by atoms with Crippen molar-refractivity contribution in [3.63, 3.8) is 0 Å². The third kappa shape index (κ3) is 4.26. The third-order valence-electron chi connectivity index (χ3n) is 3.50. The van der Waals surface area contributed by atoms with Gasteiger partial charge in [-0.2, -0.15) is 0 Å². The SMILES string of the molecule is CCN(CC(=O)Nc1cc(C(=O)N(C)C)ccn1)C1CC1. The summed E-state index contributed by atoms with van der Waals surface area (Å²) >= 11 is 0. The van der Waals surface area contributed by atoms with Crippen molar-refractivity contribution in [2.45, 2.75) is 25.8 Å². The van der Waals surface area contributed by atoms with Crippen molar-refractivity contribution in [2.24, 2.45) is 0 Å². The van der Waals surface area contributed by atoms with E-state index in [9.17, 15) is 9.59 Å². The molecule has 114 valence electrons. The first-order chi connectivity index (χ1) is 10.0. The molecule has 0 spiro atoms. The predicted molar refractivity (Wildman–Crippen MR) is 81.2 cm³/mol. The van der Waals surface area contributed by atoms with Crippen LogP contribution in [0.3, 0.4) is 0 Å². The van der Waals surface area contributed by atoms with Gasteiger partial charge in [0.25, 0.3) is 5.91 Å². The van der Waals surface area contributed by atoms with Gasteiger partial charge in [-0.3, -0.25) is 14.5 Å². The fraction of sp³-hybridized carbons (Fsp3) is 0.533. The molecule has 1 fully saturated rings. The zero-order valence-corrected chi connectivity index (χ0v) is 12.8. The van der Waals surface area contributed by atoms with E-state index in [0.29, 0.717) is 24.0 Å². The lowest BCUT2D eigenvalue weighted by Crippen LogP contribution is -2.34. The summed E-state index contributed by atoms with van der Waals surface area (Å²) < 4.78 is 0. The number of hydrogen-bond donors (Lipinski definition) is 1. The highest BCUT2D eigenvalue weighted by molar-refractivity contribution is 5.96. The number of likely N-dealkylation sites (N-methyl/N-ethyl adjacent to an activating group) is 1. The molecule has 0 aliphatic heterocycles. The summed E-state index contributed by atoms with van der Waals surface area (Å²) in [6, 6.07) is 3.80. The maximum Gasteiger partial charge on any atom is 0.253 e. The summed E-state index contributed by atoms with van der Waals surface area (Å²) in [4.78, 5) is 31.7. The first-order valence-electron chi connectivity index (χ1n) is 7.23. The number of anilines is 1. The molecule has 0 atom stereocenters. The van der Waals surface area contributed by atoms with E-state index in [1.807, 2.05) is 0 Å². The molecular weight excluding hydrogens is 268 g/mol. The van der Waals surface area contributed by atoms with Crippen LogP contribution in [0.5, 0.6) is 0 Å². The van der Waals surface area contributed by atoms with E-state index in [1.54, 1.807) is 26.2 Å². The summed E-state index contributed by atoms with van der Waals surface area (Å²) in [5.41, 5.74) is 0.514. The largest absolute Gasteiger partial charge is 0.345 e. The first-order valence-corrected chi connectivity index (χ1v) is 7.23. The number of pyridine rings is 1. The third-order valence-corrected chi connectivity index (χ3v) is 3.50. The van der Waals surface area contributed by atoms with Crippen molar-refractivity contribution >= 4 is 17.6 Å². The van der Waals surface area contributed by atoms with E-state index in [2.05, 4.69) is 22.1 Å². The maximum absolute atomic E-state index is 12.0. The van der Waals surface area contributed by atoms with Crippen LogP contribution in [0.15, 0.2) is 18.3 Å². The van der Waals surface area contributed by atoms with Crippen molar-refractivity contribution in [1.29, 1.82) is 0 Å². The fourth-order valence-electron chi connectivity index (χ4n) is 2.20. The van der Waals surface area contributed by atoms with Crippen LogP contribution in [-0.2, 0) is 4.79 Å². The Morgan fingerprint density at radius 2 is 2.10 bits per heavy atom. The normalized spacial score (nSPS) is 14.1. The lowest BCUT2D eigenvalue weighted by atomic mass is 10.2. The molecule has 2 rings (SSSR count). The van der Waals surface area contributed by atoms with Gasteiger partial charge in [-0.15, -0.1) is 0 Å². The molecular formula is C15H22N4O2. The van der Waals surface area contributed by atoms with E-state index in [-0.39, 0.29) is 11.8 Å². The van der Waals surface area contributed by atoms with Gasteiger partial charge in [0.1, 0.15) is 5.82 Å². The zero-order chi connectivity index (χ0) is 15.4. The minimum atomic E-state index is -0.110. The summed E-state index contributed by atoms with van der Waals surface area (Å²) in [7, 11) is 3.38. The number of nitrogens with one attached hydrogen (secondary N) is 1. The summed E-state index contributed by atoms with van der Waals surface area (Å²) in [5.74, 6) is 0.214. The molecule has 1 aliphatic carbocycles. The van der Waals surface area contributed by atoms with Gasteiger partial charge in [0.05, 0.1) is 6.54 Å². The number of carbonyl (C=O) groups excluding carboxylic acids is 2. The second-order valence-corrected chi connectivity index (χ2v) is 5.47. The Labute approximate surface area is 125 Å². The van der Waals surface area contributed by atoms with Crippen LogP contribution in [0, 0.1) is 0 Å². The van der Waals surface area contributed by atoms with Gasteiger partial charge in [0.2, 0.25) is 5.91 Å². The molecule has 1 aromatic heterocycles. The lowest BCUT2D eigenvalue weighted by molar-refractivity contribution is -0.117. The van der Waals surface area contributed by atoms with Crippen molar-refractivity contribution in [3.05, 3.63) is 23.9 Å². The molecule has 1 N–H and O–H groups in total. The summed E-state index contributed by atoms with van der Waals surface area (Å²) in [6.45, 7) is 3.29. The molecule has 1 heterocycles. The van der Waals surface area contributed by atoms with E-state index in [1.165, 1.54) is 23.9 Å². The van der Waals surface area contributed by atoms with Gasteiger partial charge in [0.15, 0.2) is 0 Å². The molecule has 6 heteroatoms. The molecule has 1 aliphatic rings. The number of nitrogens with zero attached hydrogens (tertiary/aromatic N) is 3. The molecule has 0 bridgehead atoms. The molecule has 1 aromatic rings. The Bertz CT molecular complexity index is 526. The molecule has 0 aromatic carbocycles. The Hall–Kier alpha value is -1.95. The van der Waals surface area contributed by atoms with Crippen LogP contribution in [-0.4, -0.2) is 59.8 Å². The molecule has 21 heavy (non-hydrogen) atoms. The second-order valence-electron chi connectivity index (χ2n) is 5.47. The van der Waals surface area contributed by atoms with Crippen LogP contribution >= 0.6 is 0 Å². The summed E-state index contributed by atoms with van der Waals surface area (Å²) in [6.07, 6.45) is 3.88. The van der Waals surface area contributed by atoms with Crippen molar-refractivity contribution in [3.8, 4) is 0 Å². The smallest absolute Gasteiger partial charge is 0.253 e. The van der Waals surface area contributed by atoms with Crippen LogP contribution < -0.4 is 5.32 Å². The minimum absolute atomic E-state index is 0.0919. The van der Waals surface area contributed by atoms with Gasteiger partial charge < -0.3 is 10.2 Å². The van der Waals surface area contributed by atoms with Gasteiger partial charge >= 0.3 is 0 Å². The van der Waals surface area contributed by atoms with Crippen LogP contribution in [0.25, 0.3) is 0 Å².